The van der Waals surface area contributed by atoms with E-state index >= 15 is 0 Å². The maximum absolute atomic E-state index is 12.5. The predicted octanol–water partition coefficient (Wildman–Crippen LogP) is 20.8. The van der Waals surface area contributed by atoms with E-state index in [4.69, 9.17) is 0 Å². The molecule has 0 aliphatic rings. The summed E-state index contributed by atoms with van der Waals surface area (Å²) < 4.78 is 0. The lowest BCUT2D eigenvalue weighted by Gasteiger charge is -2.20. The van der Waals surface area contributed by atoms with Gasteiger partial charge in [0.25, 0.3) is 0 Å². The Hall–Kier alpha value is -1.91. The van der Waals surface area contributed by atoms with E-state index in [0.29, 0.717) is 6.42 Å². The van der Waals surface area contributed by atoms with Crippen molar-refractivity contribution in [2.75, 3.05) is 6.61 Å². The number of carbonyl (C=O) groups is 1. The fourth-order valence-electron chi connectivity index (χ4n) is 9.59. The standard InChI is InChI=1S/C65H121NO3/c1-3-5-7-9-11-13-15-17-19-21-23-25-27-29-30-31-32-33-34-35-37-38-40-42-44-46-48-50-52-54-56-58-60-64(68)63(62-67)66-65(69)61-59-57-55-53-51-49-47-45-43-41-39-36-28-26-24-22-20-18-16-14-12-10-8-6-4-2/h6,8,12,14,18,20,24,26,58,60,63-64,67-68H,3-5,7,9-11,13,15-17,19,21-23,25,27-57,59,61-62H2,1-2H3,(H,66,69)/b8-6-,14-12-,20-18-,26-24-,60-58+. The first-order chi connectivity index (χ1) is 34.2. The van der Waals surface area contributed by atoms with Gasteiger partial charge in [0.15, 0.2) is 0 Å². The third-order valence-electron chi connectivity index (χ3n) is 14.3. The number of nitrogens with one attached hydrogen (secondary N) is 1. The van der Waals surface area contributed by atoms with Crippen LogP contribution in [0.5, 0.6) is 0 Å². The number of unbranched alkanes of at least 4 members (excludes halogenated alkanes) is 42. The highest BCUT2D eigenvalue weighted by Gasteiger charge is 2.18. The van der Waals surface area contributed by atoms with E-state index in [1.807, 2.05) is 6.08 Å². The summed E-state index contributed by atoms with van der Waals surface area (Å²) >= 11 is 0. The van der Waals surface area contributed by atoms with Crippen LogP contribution in [0.4, 0.5) is 0 Å². The highest BCUT2D eigenvalue weighted by molar-refractivity contribution is 5.76. The molecule has 0 fully saturated rings. The maximum atomic E-state index is 12.5. The van der Waals surface area contributed by atoms with E-state index in [9.17, 15) is 15.0 Å². The van der Waals surface area contributed by atoms with E-state index < -0.39 is 12.1 Å². The first-order valence-corrected chi connectivity index (χ1v) is 31.0. The molecule has 0 saturated heterocycles. The van der Waals surface area contributed by atoms with Crippen LogP contribution in [0.2, 0.25) is 0 Å². The third kappa shape index (κ3) is 56.9. The van der Waals surface area contributed by atoms with E-state index in [-0.39, 0.29) is 12.5 Å². The average Bonchev–Trinajstić information content (AvgIpc) is 3.35. The molecule has 4 heteroatoms. The minimum Gasteiger partial charge on any atom is -0.394 e. The molecule has 2 unspecified atom stereocenters. The van der Waals surface area contributed by atoms with Crippen molar-refractivity contribution in [1.29, 1.82) is 0 Å². The Kier molecular flexibility index (Phi) is 58.7. The topological polar surface area (TPSA) is 69.6 Å². The molecule has 4 nitrogen and oxygen atoms in total. The zero-order valence-electron chi connectivity index (χ0n) is 46.6. The summed E-state index contributed by atoms with van der Waals surface area (Å²) in [5.41, 5.74) is 0. The summed E-state index contributed by atoms with van der Waals surface area (Å²) in [4.78, 5) is 12.5. The van der Waals surface area contributed by atoms with Gasteiger partial charge in [0.1, 0.15) is 0 Å². The molecule has 0 bridgehead atoms. The lowest BCUT2D eigenvalue weighted by Crippen LogP contribution is -2.45. The molecule has 404 valence electrons. The number of amides is 1. The molecule has 0 saturated carbocycles. The molecular formula is C65H121NO3. The van der Waals surface area contributed by atoms with Crippen LogP contribution in [0.15, 0.2) is 60.8 Å². The maximum Gasteiger partial charge on any atom is 0.220 e. The highest BCUT2D eigenvalue weighted by atomic mass is 16.3. The molecule has 0 aliphatic heterocycles. The third-order valence-corrected chi connectivity index (χ3v) is 14.3. The fourth-order valence-corrected chi connectivity index (χ4v) is 9.59. The summed E-state index contributed by atoms with van der Waals surface area (Å²) in [7, 11) is 0. The van der Waals surface area contributed by atoms with Crippen LogP contribution in [0.3, 0.4) is 0 Å². The minimum atomic E-state index is -0.844. The summed E-state index contributed by atoms with van der Waals surface area (Å²) in [6.07, 6.45) is 85.6. The van der Waals surface area contributed by atoms with Crippen LogP contribution in [0.1, 0.15) is 328 Å². The molecule has 0 heterocycles. The van der Waals surface area contributed by atoms with Gasteiger partial charge in [-0.3, -0.25) is 4.79 Å². The van der Waals surface area contributed by atoms with Gasteiger partial charge in [-0.2, -0.15) is 0 Å². The van der Waals surface area contributed by atoms with Crippen molar-refractivity contribution in [3.63, 3.8) is 0 Å². The van der Waals surface area contributed by atoms with Gasteiger partial charge in [-0.25, -0.2) is 0 Å². The van der Waals surface area contributed by atoms with Crippen LogP contribution in [-0.2, 0) is 4.79 Å². The number of aliphatic hydroxyl groups is 2. The molecule has 69 heavy (non-hydrogen) atoms. The van der Waals surface area contributed by atoms with Crippen molar-refractivity contribution in [3.05, 3.63) is 60.8 Å². The molecule has 2 atom stereocenters. The van der Waals surface area contributed by atoms with Crippen molar-refractivity contribution < 1.29 is 15.0 Å². The largest absolute Gasteiger partial charge is 0.394 e. The van der Waals surface area contributed by atoms with Gasteiger partial charge in [-0.1, -0.05) is 325 Å². The Balaban J connectivity index is 3.46. The SMILES string of the molecule is CC/C=C\C/C=C\C/C=C\C/C=C\CCCCCCCCCCCCCCC(=O)NC(CO)C(O)/C=C/CCCCCCCCCCCCCCCCCCCCCCCCCCCCCCCC. The minimum absolute atomic E-state index is 0.0639. The molecular weight excluding hydrogens is 843 g/mol. The molecule has 0 spiro atoms. The lowest BCUT2D eigenvalue weighted by molar-refractivity contribution is -0.123. The average molecular weight is 965 g/mol. The molecule has 1 amide bonds. The number of hydrogen-bond donors (Lipinski definition) is 3. The quantitative estimate of drug-likeness (QED) is 0.0420. The number of hydrogen-bond acceptors (Lipinski definition) is 3. The summed E-state index contributed by atoms with van der Waals surface area (Å²) in [5, 5.41) is 23.2. The van der Waals surface area contributed by atoms with Crippen LogP contribution in [-0.4, -0.2) is 34.9 Å². The van der Waals surface area contributed by atoms with E-state index in [1.165, 1.54) is 257 Å². The van der Waals surface area contributed by atoms with E-state index in [2.05, 4.69) is 67.8 Å². The molecule has 0 radical (unpaired) electrons. The first kappa shape index (κ1) is 67.1. The zero-order chi connectivity index (χ0) is 49.9. The Morgan fingerprint density at radius 1 is 0.362 bits per heavy atom. The van der Waals surface area contributed by atoms with Crippen molar-refractivity contribution in [2.45, 2.75) is 341 Å². The second-order valence-corrected chi connectivity index (χ2v) is 21.1. The van der Waals surface area contributed by atoms with Crippen molar-refractivity contribution >= 4 is 5.91 Å². The van der Waals surface area contributed by atoms with Gasteiger partial charge >= 0.3 is 0 Å². The van der Waals surface area contributed by atoms with Gasteiger partial charge in [0, 0.05) is 6.42 Å². The Bertz CT molecular complexity index is 1140. The van der Waals surface area contributed by atoms with Gasteiger partial charge < -0.3 is 15.5 Å². The normalized spacial score (nSPS) is 13.2. The number of carbonyl (C=O) groups excluding carboxylic acids is 1. The van der Waals surface area contributed by atoms with Gasteiger partial charge in [0.2, 0.25) is 5.91 Å². The molecule has 0 aromatic carbocycles. The lowest BCUT2D eigenvalue weighted by atomic mass is 10.0. The summed E-state index contributed by atoms with van der Waals surface area (Å²) in [6.45, 7) is 4.23. The Morgan fingerprint density at radius 3 is 0.957 bits per heavy atom. The number of aliphatic hydroxyl groups excluding tert-OH is 2. The zero-order valence-corrected chi connectivity index (χ0v) is 46.6. The van der Waals surface area contributed by atoms with Crippen LogP contribution in [0, 0.1) is 0 Å². The second kappa shape index (κ2) is 60.4. The summed E-state index contributed by atoms with van der Waals surface area (Å²) in [6, 6.07) is -0.627. The van der Waals surface area contributed by atoms with Crippen LogP contribution in [0.25, 0.3) is 0 Å². The highest BCUT2D eigenvalue weighted by Crippen LogP contribution is 2.18. The van der Waals surface area contributed by atoms with E-state index in [1.54, 1.807) is 6.08 Å². The van der Waals surface area contributed by atoms with E-state index in [0.717, 1.165) is 51.4 Å². The van der Waals surface area contributed by atoms with Crippen LogP contribution >= 0.6 is 0 Å². The number of allylic oxidation sites excluding steroid dienone is 9. The smallest absolute Gasteiger partial charge is 0.220 e. The van der Waals surface area contributed by atoms with Gasteiger partial charge in [0.05, 0.1) is 18.8 Å². The van der Waals surface area contributed by atoms with Crippen molar-refractivity contribution in [3.8, 4) is 0 Å². The predicted molar refractivity (Wildman–Crippen MR) is 308 cm³/mol. The Morgan fingerprint density at radius 2 is 0.638 bits per heavy atom. The molecule has 0 rings (SSSR count). The van der Waals surface area contributed by atoms with Crippen LogP contribution < -0.4 is 5.32 Å². The fraction of sp³-hybridized carbons (Fsp3) is 0.831. The molecule has 0 aromatic rings. The van der Waals surface area contributed by atoms with Gasteiger partial charge in [-0.05, 0) is 57.8 Å². The second-order valence-electron chi connectivity index (χ2n) is 21.1. The van der Waals surface area contributed by atoms with Crippen molar-refractivity contribution in [2.24, 2.45) is 0 Å². The monoisotopic (exact) mass is 964 g/mol. The van der Waals surface area contributed by atoms with Gasteiger partial charge in [-0.15, -0.1) is 0 Å². The molecule has 3 N–H and O–H groups in total. The Labute approximate surface area is 432 Å². The molecule has 0 aromatic heterocycles. The summed E-state index contributed by atoms with van der Waals surface area (Å²) in [5.74, 6) is -0.0639. The number of rotatable bonds is 57. The van der Waals surface area contributed by atoms with Crippen molar-refractivity contribution in [1.82, 2.24) is 5.32 Å². The molecule has 0 aliphatic carbocycles. The first-order valence-electron chi connectivity index (χ1n) is 31.0.